The molecule has 0 heterocycles. The van der Waals surface area contributed by atoms with Gasteiger partial charge in [0.15, 0.2) is 11.5 Å². The molecule has 9 heteroatoms. The molecule has 0 aliphatic rings. The summed E-state index contributed by atoms with van der Waals surface area (Å²) in [6, 6.07) is 11.0. The molecule has 0 saturated carbocycles. The molecule has 0 aromatic heterocycles. The van der Waals surface area contributed by atoms with Crippen LogP contribution in [0.1, 0.15) is 22.8 Å². The minimum absolute atomic E-state index is 0.0328. The Morgan fingerprint density at radius 2 is 1.93 bits per heavy atom. The topological polar surface area (TPSA) is 97.3 Å². The minimum Gasteiger partial charge on any atom is -0.493 e. The summed E-state index contributed by atoms with van der Waals surface area (Å²) in [7, 11) is 0.769. The molecule has 1 amide bonds. The molecule has 0 aliphatic carbocycles. The molecule has 0 unspecified atom stereocenters. The molecule has 0 saturated heterocycles. The fourth-order valence-corrected chi connectivity index (χ4v) is 3.23. The minimum atomic E-state index is -3.62. The van der Waals surface area contributed by atoms with Crippen LogP contribution in [0.15, 0.2) is 52.5 Å². The van der Waals surface area contributed by atoms with Gasteiger partial charge in [-0.1, -0.05) is 6.07 Å². The highest BCUT2D eigenvalue weighted by Crippen LogP contribution is 2.27. The van der Waals surface area contributed by atoms with E-state index < -0.39 is 15.9 Å². The average molecular weight is 405 g/mol. The highest BCUT2D eigenvalue weighted by Gasteiger charge is 2.18. The first-order valence-corrected chi connectivity index (χ1v) is 9.90. The maximum absolute atomic E-state index is 12.3. The van der Waals surface area contributed by atoms with Crippen LogP contribution in [0.25, 0.3) is 0 Å². The van der Waals surface area contributed by atoms with E-state index in [0.717, 1.165) is 4.31 Å². The normalized spacial score (nSPS) is 11.6. The number of nitrogens with zero attached hydrogens (tertiary/aromatic N) is 2. The number of amides is 1. The Morgan fingerprint density at radius 1 is 1.18 bits per heavy atom. The Labute approximate surface area is 164 Å². The quantitative estimate of drug-likeness (QED) is 0.536. The molecule has 2 aromatic rings. The van der Waals surface area contributed by atoms with Gasteiger partial charge in [-0.25, -0.2) is 18.1 Å². The standard InChI is InChI=1S/C19H23N3O5S/c1-5-27-17-10-9-14(11-18(17)26-4)13-20-21-19(23)15-7-6-8-16(12-15)28(24,25)22(2)3/h6-13H,5H2,1-4H3,(H,21,23)/b20-13-. The van der Waals surface area contributed by atoms with Crippen molar-refractivity contribution < 1.29 is 22.7 Å². The largest absolute Gasteiger partial charge is 0.493 e. The van der Waals surface area contributed by atoms with E-state index in [1.165, 1.54) is 51.7 Å². The monoisotopic (exact) mass is 405 g/mol. The van der Waals surface area contributed by atoms with Crippen molar-refractivity contribution >= 4 is 22.1 Å². The predicted molar refractivity (Wildman–Crippen MR) is 107 cm³/mol. The zero-order chi connectivity index (χ0) is 20.7. The first-order valence-electron chi connectivity index (χ1n) is 8.46. The number of hydrogen-bond acceptors (Lipinski definition) is 6. The summed E-state index contributed by atoms with van der Waals surface area (Å²) < 4.78 is 36.2. The Hall–Kier alpha value is -2.91. The Kier molecular flexibility index (Phi) is 7.13. The van der Waals surface area contributed by atoms with Crippen LogP contribution in [0, 0.1) is 0 Å². The Balaban J connectivity index is 2.12. The van der Waals surface area contributed by atoms with Crippen molar-refractivity contribution in [2.75, 3.05) is 27.8 Å². The van der Waals surface area contributed by atoms with Gasteiger partial charge in [-0.3, -0.25) is 4.79 Å². The number of ether oxygens (including phenoxy) is 2. The van der Waals surface area contributed by atoms with Gasteiger partial charge in [0.2, 0.25) is 10.0 Å². The van der Waals surface area contributed by atoms with E-state index in [-0.39, 0.29) is 10.5 Å². The smallest absolute Gasteiger partial charge is 0.271 e. The molecule has 0 atom stereocenters. The zero-order valence-electron chi connectivity index (χ0n) is 16.2. The second-order valence-electron chi connectivity index (χ2n) is 5.86. The van der Waals surface area contributed by atoms with Crippen LogP contribution in [0.5, 0.6) is 11.5 Å². The molecule has 2 rings (SSSR count). The highest BCUT2D eigenvalue weighted by molar-refractivity contribution is 7.89. The lowest BCUT2D eigenvalue weighted by atomic mass is 10.2. The molecule has 0 aliphatic heterocycles. The summed E-state index contributed by atoms with van der Waals surface area (Å²) in [4.78, 5) is 12.3. The molecule has 28 heavy (non-hydrogen) atoms. The van der Waals surface area contributed by atoms with Crippen LogP contribution in [0.3, 0.4) is 0 Å². The molecule has 0 bridgehead atoms. The molecule has 0 fully saturated rings. The lowest BCUT2D eigenvalue weighted by Crippen LogP contribution is -2.23. The third-order valence-electron chi connectivity index (χ3n) is 3.74. The van der Waals surface area contributed by atoms with Crippen LogP contribution in [-0.4, -0.2) is 52.7 Å². The van der Waals surface area contributed by atoms with Crippen molar-refractivity contribution in [3.05, 3.63) is 53.6 Å². The van der Waals surface area contributed by atoms with E-state index in [9.17, 15) is 13.2 Å². The summed E-state index contributed by atoms with van der Waals surface area (Å²) in [6.45, 7) is 2.39. The van der Waals surface area contributed by atoms with Gasteiger partial charge >= 0.3 is 0 Å². The van der Waals surface area contributed by atoms with Crippen LogP contribution in [-0.2, 0) is 10.0 Å². The van der Waals surface area contributed by atoms with Gasteiger partial charge in [0, 0.05) is 19.7 Å². The molecule has 2 aromatic carbocycles. The molecular weight excluding hydrogens is 382 g/mol. The second kappa shape index (κ2) is 9.34. The van der Waals surface area contributed by atoms with E-state index in [1.807, 2.05) is 6.92 Å². The molecule has 8 nitrogen and oxygen atoms in total. The molecular formula is C19H23N3O5S. The Morgan fingerprint density at radius 3 is 2.57 bits per heavy atom. The summed E-state index contributed by atoms with van der Waals surface area (Å²) in [5, 5.41) is 3.92. The van der Waals surface area contributed by atoms with Crippen LogP contribution in [0.2, 0.25) is 0 Å². The average Bonchev–Trinajstić information content (AvgIpc) is 2.69. The van der Waals surface area contributed by atoms with Crippen molar-refractivity contribution in [1.29, 1.82) is 0 Å². The lowest BCUT2D eigenvalue weighted by Gasteiger charge is -2.11. The van der Waals surface area contributed by atoms with E-state index >= 15 is 0 Å². The number of carbonyl (C=O) groups is 1. The first kappa shape index (κ1) is 21.4. The van der Waals surface area contributed by atoms with Crippen LogP contribution in [0.4, 0.5) is 0 Å². The fraction of sp³-hybridized carbons (Fsp3) is 0.263. The molecule has 150 valence electrons. The second-order valence-corrected chi connectivity index (χ2v) is 8.01. The van der Waals surface area contributed by atoms with E-state index in [0.29, 0.717) is 23.7 Å². The first-order chi connectivity index (χ1) is 13.3. The van der Waals surface area contributed by atoms with E-state index in [4.69, 9.17) is 9.47 Å². The summed E-state index contributed by atoms with van der Waals surface area (Å²) >= 11 is 0. The summed E-state index contributed by atoms with van der Waals surface area (Å²) in [5.74, 6) is 0.647. The number of benzene rings is 2. The number of rotatable bonds is 8. The third kappa shape index (κ3) is 5.08. The van der Waals surface area contributed by atoms with Gasteiger partial charge in [-0.2, -0.15) is 5.10 Å². The highest BCUT2D eigenvalue weighted by atomic mass is 32.2. The zero-order valence-corrected chi connectivity index (χ0v) is 17.0. The van der Waals surface area contributed by atoms with E-state index in [2.05, 4.69) is 10.5 Å². The van der Waals surface area contributed by atoms with Crippen molar-refractivity contribution in [3.8, 4) is 11.5 Å². The SMILES string of the molecule is CCOc1ccc(/C=N\NC(=O)c2cccc(S(=O)(=O)N(C)C)c2)cc1OC. The van der Waals surface area contributed by atoms with E-state index in [1.54, 1.807) is 18.2 Å². The van der Waals surface area contributed by atoms with Gasteiger partial charge in [0.05, 0.1) is 24.8 Å². The lowest BCUT2D eigenvalue weighted by molar-refractivity contribution is 0.0955. The van der Waals surface area contributed by atoms with Crippen molar-refractivity contribution in [1.82, 2.24) is 9.73 Å². The van der Waals surface area contributed by atoms with Crippen molar-refractivity contribution in [2.24, 2.45) is 5.10 Å². The van der Waals surface area contributed by atoms with Gasteiger partial charge in [0.1, 0.15) is 0 Å². The van der Waals surface area contributed by atoms with Crippen molar-refractivity contribution in [2.45, 2.75) is 11.8 Å². The maximum atomic E-state index is 12.3. The van der Waals surface area contributed by atoms with Crippen LogP contribution < -0.4 is 14.9 Å². The summed E-state index contributed by atoms with van der Waals surface area (Å²) in [6.07, 6.45) is 1.45. The number of methoxy groups -OCH3 is 1. The van der Waals surface area contributed by atoms with Crippen molar-refractivity contribution in [3.63, 3.8) is 0 Å². The summed E-state index contributed by atoms with van der Waals surface area (Å²) in [5.41, 5.74) is 3.27. The number of nitrogens with one attached hydrogen (secondary N) is 1. The maximum Gasteiger partial charge on any atom is 0.271 e. The number of sulfonamides is 1. The molecule has 1 N–H and O–H groups in total. The van der Waals surface area contributed by atoms with Gasteiger partial charge < -0.3 is 9.47 Å². The van der Waals surface area contributed by atoms with Crippen LogP contribution >= 0.6 is 0 Å². The third-order valence-corrected chi connectivity index (χ3v) is 5.55. The fourth-order valence-electron chi connectivity index (χ4n) is 2.28. The number of carbonyl (C=O) groups excluding carboxylic acids is 1. The number of hydrazone groups is 1. The predicted octanol–water partition coefficient (Wildman–Crippen LogP) is 2.11. The molecule has 0 radical (unpaired) electrons. The number of hydrogen-bond donors (Lipinski definition) is 1. The Bertz CT molecular complexity index is 971. The van der Waals surface area contributed by atoms with Gasteiger partial charge in [-0.05, 0) is 48.9 Å². The van der Waals surface area contributed by atoms with Gasteiger partial charge in [-0.15, -0.1) is 0 Å². The van der Waals surface area contributed by atoms with Gasteiger partial charge in [0.25, 0.3) is 5.91 Å². The molecule has 0 spiro atoms.